The van der Waals surface area contributed by atoms with Gasteiger partial charge in [-0.15, -0.1) is 6.40 Å². The quantitative estimate of drug-likeness (QED) is 0.449. The third kappa shape index (κ3) is 0.855. The Kier molecular flexibility index (Phi) is 0.980. The molecule has 0 aromatic carbocycles. The fourth-order valence-electron chi connectivity index (χ4n) is 0.435. The second-order valence-electron chi connectivity index (χ2n) is 1.36. The zero-order valence-electron chi connectivity index (χ0n) is 5.26. The smallest absolute Gasteiger partial charge is 0.124 e. The van der Waals surface area contributed by atoms with Crippen LogP contribution < -0.4 is 0 Å². The van der Waals surface area contributed by atoms with E-state index in [1.54, 1.807) is 24.5 Å². The molecule has 0 N–H and O–H groups in total. The van der Waals surface area contributed by atoms with Crippen LogP contribution in [0.5, 0.6) is 0 Å². The van der Waals surface area contributed by atoms with Crippen molar-refractivity contribution in [3.05, 3.63) is 30.1 Å². The van der Waals surface area contributed by atoms with E-state index in [9.17, 15) is 0 Å². The lowest BCUT2D eigenvalue weighted by Crippen LogP contribution is -1.71. The van der Waals surface area contributed by atoms with Crippen molar-refractivity contribution in [2.24, 2.45) is 0 Å². The van der Waals surface area contributed by atoms with Crippen LogP contribution in [0.4, 0.5) is 0 Å². The van der Waals surface area contributed by atoms with Crippen LogP contribution >= 0.6 is 0 Å². The molecular formula is C7H5N. The van der Waals surface area contributed by atoms with Gasteiger partial charge in [-0.05, 0) is 12.1 Å². The zero-order valence-corrected chi connectivity index (χ0v) is 4.26. The van der Waals surface area contributed by atoms with Crippen LogP contribution in [0, 0.1) is 12.3 Å². The van der Waals surface area contributed by atoms with Crippen molar-refractivity contribution in [3.63, 3.8) is 0 Å². The molecule has 0 spiro atoms. The SMILES string of the molecule is [3H]C#Cc1ccncc1. The molecule has 0 aliphatic heterocycles. The third-order valence-electron chi connectivity index (χ3n) is 0.825. The second-order valence-corrected chi connectivity index (χ2v) is 1.36. The Hall–Kier alpha value is -1.29. The molecule has 1 nitrogen and oxygen atoms in total. The molecule has 0 unspecified atom stereocenters. The fourth-order valence-corrected chi connectivity index (χ4v) is 0.435. The Morgan fingerprint density at radius 2 is 2.38 bits per heavy atom. The summed E-state index contributed by atoms with van der Waals surface area (Å²) in [6.45, 7) is 0. The second kappa shape index (κ2) is 2.13. The number of nitrogens with zero attached hydrogens (tertiary/aromatic N) is 1. The van der Waals surface area contributed by atoms with Gasteiger partial charge in [0.1, 0.15) is 1.37 Å². The highest BCUT2D eigenvalue weighted by atomic mass is 14.6. The van der Waals surface area contributed by atoms with Gasteiger partial charge in [-0.1, -0.05) is 5.92 Å². The van der Waals surface area contributed by atoms with Crippen molar-refractivity contribution >= 4 is 0 Å². The summed E-state index contributed by atoms with van der Waals surface area (Å²) >= 11 is 0. The first-order valence-electron chi connectivity index (χ1n) is 2.76. The summed E-state index contributed by atoms with van der Waals surface area (Å²) in [5.41, 5.74) is 0.833. The van der Waals surface area contributed by atoms with E-state index in [0.717, 1.165) is 5.56 Å². The topological polar surface area (TPSA) is 12.9 Å². The lowest BCUT2D eigenvalue weighted by Gasteiger charge is -1.82. The highest BCUT2D eigenvalue weighted by Crippen LogP contribution is 1.89. The predicted octanol–water partition coefficient (Wildman–Crippen LogP) is 1.06. The summed E-state index contributed by atoms with van der Waals surface area (Å²) in [4.78, 5) is 3.80. The Labute approximate surface area is 49.8 Å². The molecule has 1 heteroatoms. The van der Waals surface area contributed by atoms with E-state index in [-0.39, 0.29) is 0 Å². The number of hydrogen-bond donors (Lipinski definition) is 0. The average Bonchev–Trinajstić information content (AvgIpc) is 1.91. The molecule has 0 amide bonds. The van der Waals surface area contributed by atoms with Crippen molar-refractivity contribution < 1.29 is 1.37 Å². The van der Waals surface area contributed by atoms with Crippen LogP contribution in [0.2, 0.25) is 0 Å². The molecule has 0 aliphatic carbocycles. The van der Waals surface area contributed by atoms with Crippen molar-refractivity contribution in [1.29, 1.82) is 0 Å². The van der Waals surface area contributed by atoms with Crippen LogP contribution in [0.1, 0.15) is 6.93 Å². The van der Waals surface area contributed by atoms with E-state index in [1.165, 1.54) is 0 Å². The molecule has 1 aromatic rings. The number of pyridine rings is 1. The van der Waals surface area contributed by atoms with Gasteiger partial charge < -0.3 is 0 Å². The highest BCUT2D eigenvalue weighted by molar-refractivity contribution is 5.28. The standard InChI is InChI=1S/C7H5N/c1-2-7-3-5-8-6-4-7/h1,3-6H/i1T. The molecule has 0 aliphatic rings. The van der Waals surface area contributed by atoms with Crippen LogP contribution in [0.25, 0.3) is 0 Å². The molecule has 1 aromatic heterocycles. The highest BCUT2D eigenvalue weighted by Gasteiger charge is 1.77. The van der Waals surface area contributed by atoms with Gasteiger partial charge in [-0.2, -0.15) is 0 Å². The van der Waals surface area contributed by atoms with E-state index in [4.69, 9.17) is 1.37 Å². The van der Waals surface area contributed by atoms with E-state index < -0.39 is 0 Å². The number of aromatic nitrogens is 1. The molecule has 0 atom stereocenters. The summed E-state index contributed by atoms with van der Waals surface area (Å²) in [5.74, 6) is 2.58. The maximum atomic E-state index is 6.56. The van der Waals surface area contributed by atoms with Crippen molar-refractivity contribution in [3.8, 4) is 12.3 Å². The van der Waals surface area contributed by atoms with Gasteiger partial charge >= 0.3 is 0 Å². The fraction of sp³-hybridized carbons (Fsp3) is 0. The Balaban J connectivity index is 2.94. The van der Waals surface area contributed by atoms with E-state index in [2.05, 4.69) is 17.3 Å². The van der Waals surface area contributed by atoms with Crippen LogP contribution in [-0.4, -0.2) is 4.98 Å². The Morgan fingerprint density at radius 3 is 3.00 bits per heavy atom. The molecule has 1 heterocycles. The Bertz CT molecular complexity index is 232. The lowest BCUT2D eigenvalue weighted by molar-refractivity contribution is 1.32. The first-order chi connectivity index (χ1) is 4.43. The van der Waals surface area contributed by atoms with E-state index >= 15 is 0 Å². The molecular weight excluding hydrogens is 98.1 g/mol. The van der Waals surface area contributed by atoms with Gasteiger partial charge in [-0.3, -0.25) is 4.98 Å². The number of rotatable bonds is 0. The minimum atomic E-state index is 0.833. The van der Waals surface area contributed by atoms with Gasteiger partial charge in [0, 0.05) is 18.0 Å². The molecule has 38 valence electrons. The maximum absolute atomic E-state index is 6.56. The van der Waals surface area contributed by atoms with E-state index in [1.807, 2.05) is 0 Å². The summed E-state index contributed by atoms with van der Waals surface area (Å²) in [6, 6.07) is 3.53. The van der Waals surface area contributed by atoms with Gasteiger partial charge in [0.05, 0.1) is 0 Å². The van der Waals surface area contributed by atoms with Gasteiger partial charge in [0.15, 0.2) is 0 Å². The number of hydrogen-bond acceptors (Lipinski definition) is 1. The molecule has 1 rings (SSSR count). The largest absolute Gasteiger partial charge is 0.265 e. The lowest BCUT2D eigenvalue weighted by atomic mass is 10.3. The monoisotopic (exact) mass is 105 g/mol. The molecule has 0 radical (unpaired) electrons. The van der Waals surface area contributed by atoms with E-state index in [0.29, 0.717) is 0 Å². The first kappa shape index (κ1) is 3.68. The van der Waals surface area contributed by atoms with Crippen LogP contribution in [0.15, 0.2) is 24.5 Å². The summed E-state index contributed by atoms with van der Waals surface area (Å²) in [7, 11) is 0. The summed E-state index contributed by atoms with van der Waals surface area (Å²) in [5, 5.41) is 0. The normalized spacial score (nSPS) is 8.75. The maximum Gasteiger partial charge on any atom is 0.124 e. The van der Waals surface area contributed by atoms with Gasteiger partial charge in [-0.25, -0.2) is 0 Å². The average molecular weight is 105 g/mol. The third-order valence-corrected chi connectivity index (χ3v) is 0.825. The predicted molar refractivity (Wildman–Crippen MR) is 32.2 cm³/mol. The molecule has 8 heavy (non-hydrogen) atoms. The van der Waals surface area contributed by atoms with Crippen LogP contribution in [0.3, 0.4) is 0 Å². The van der Waals surface area contributed by atoms with Crippen LogP contribution in [-0.2, 0) is 0 Å². The first-order valence-corrected chi connectivity index (χ1v) is 2.26. The zero-order chi connectivity index (χ0) is 6.53. The summed E-state index contributed by atoms with van der Waals surface area (Å²) < 4.78 is 6.56. The number of terminal acetylenes is 1. The molecule has 0 saturated carbocycles. The minimum absolute atomic E-state index is 0.833. The van der Waals surface area contributed by atoms with Gasteiger partial charge in [0.2, 0.25) is 0 Å². The molecule has 0 fully saturated rings. The molecule has 0 saturated heterocycles. The molecule has 0 bridgehead atoms. The van der Waals surface area contributed by atoms with Crippen molar-refractivity contribution in [2.45, 2.75) is 0 Å². The van der Waals surface area contributed by atoms with Gasteiger partial charge in [0.25, 0.3) is 0 Å². The minimum Gasteiger partial charge on any atom is -0.265 e. The van der Waals surface area contributed by atoms with Crippen molar-refractivity contribution in [2.75, 3.05) is 0 Å². The Morgan fingerprint density at radius 1 is 1.62 bits per heavy atom. The van der Waals surface area contributed by atoms with Crippen molar-refractivity contribution in [1.82, 2.24) is 4.98 Å². The summed E-state index contributed by atoms with van der Waals surface area (Å²) in [6.07, 6.45) is 5.36.